The highest BCUT2D eigenvalue weighted by Gasteiger charge is 2.39. The third-order valence-electron chi connectivity index (χ3n) is 5.99. The number of rotatable bonds is 6. The van der Waals surface area contributed by atoms with E-state index in [1.165, 1.54) is 11.3 Å². The Morgan fingerprint density at radius 2 is 1.68 bits per heavy atom. The Labute approximate surface area is 206 Å². The number of nitrogens with one attached hydrogen (secondary N) is 1. The zero-order valence-electron chi connectivity index (χ0n) is 18.6. The fourth-order valence-electron chi connectivity index (χ4n) is 4.28. The Hall–Kier alpha value is -3.29. The van der Waals surface area contributed by atoms with Crippen molar-refractivity contribution in [2.75, 3.05) is 18.2 Å². The molecule has 172 valence electrons. The molecule has 0 aliphatic carbocycles. The van der Waals surface area contributed by atoms with Crippen molar-refractivity contribution in [1.82, 2.24) is 4.57 Å². The summed E-state index contributed by atoms with van der Waals surface area (Å²) >= 11 is 2.86. The van der Waals surface area contributed by atoms with E-state index < -0.39 is 0 Å². The number of benzene rings is 3. The molecule has 5 rings (SSSR count). The first-order valence-electron chi connectivity index (χ1n) is 11.0. The quantitative estimate of drug-likeness (QED) is 0.392. The molecule has 34 heavy (non-hydrogen) atoms. The molecule has 0 bridgehead atoms. The number of anilines is 1. The Morgan fingerprint density at radius 3 is 2.35 bits per heavy atom. The van der Waals surface area contributed by atoms with Crippen LogP contribution in [0.4, 0.5) is 5.69 Å². The lowest BCUT2D eigenvalue weighted by Crippen LogP contribution is -2.33. The van der Waals surface area contributed by atoms with Gasteiger partial charge in [0, 0.05) is 22.2 Å². The number of ether oxygens (including phenoxy) is 1. The maximum atomic E-state index is 13.5. The van der Waals surface area contributed by atoms with Crippen LogP contribution in [-0.2, 0) is 11.3 Å². The molecule has 3 aromatic carbocycles. The van der Waals surface area contributed by atoms with Crippen LogP contribution in [0.2, 0.25) is 0 Å². The highest BCUT2D eigenvalue weighted by Crippen LogP contribution is 2.46. The number of carbonyl (C=O) groups is 1. The number of aromatic nitrogens is 1. The number of hydrogen-bond donors (Lipinski definition) is 1. The summed E-state index contributed by atoms with van der Waals surface area (Å²) in [4.78, 5) is 27.5. The predicted octanol–water partition coefficient (Wildman–Crippen LogP) is 5.46. The maximum absolute atomic E-state index is 13.5. The molecule has 1 amide bonds. The van der Waals surface area contributed by atoms with Gasteiger partial charge in [-0.3, -0.25) is 14.2 Å². The molecule has 4 aromatic rings. The molecule has 0 unspecified atom stereocenters. The van der Waals surface area contributed by atoms with Gasteiger partial charge in [-0.1, -0.05) is 72.0 Å². The molecule has 1 N–H and O–H groups in total. The van der Waals surface area contributed by atoms with Crippen molar-refractivity contribution in [2.45, 2.75) is 17.5 Å². The molecule has 0 saturated heterocycles. The van der Waals surface area contributed by atoms with Crippen molar-refractivity contribution in [1.29, 1.82) is 0 Å². The SMILES string of the molecule is COc1ccc(NC(=O)[C@H]2CSc3c(sc(=O)n3Cc3ccccc3)[C@@H]2c2ccccc2)cc1. The van der Waals surface area contributed by atoms with Crippen molar-refractivity contribution >= 4 is 34.7 Å². The van der Waals surface area contributed by atoms with Gasteiger partial charge in [-0.15, -0.1) is 11.8 Å². The fraction of sp³-hybridized carbons (Fsp3) is 0.185. The van der Waals surface area contributed by atoms with Crippen LogP contribution in [0.25, 0.3) is 0 Å². The summed E-state index contributed by atoms with van der Waals surface area (Å²) in [5.74, 6) is 0.810. The molecule has 1 aliphatic heterocycles. The van der Waals surface area contributed by atoms with Crippen LogP contribution in [0.15, 0.2) is 94.7 Å². The van der Waals surface area contributed by atoms with Crippen molar-refractivity contribution in [3.8, 4) is 5.75 Å². The second kappa shape index (κ2) is 9.91. The minimum Gasteiger partial charge on any atom is -0.497 e. The maximum Gasteiger partial charge on any atom is 0.308 e. The Balaban J connectivity index is 1.49. The molecule has 0 spiro atoms. The van der Waals surface area contributed by atoms with Crippen molar-refractivity contribution in [3.05, 3.63) is 111 Å². The molecule has 7 heteroatoms. The molecule has 2 atom stereocenters. The lowest BCUT2D eigenvalue weighted by Gasteiger charge is -2.31. The van der Waals surface area contributed by atoms with E-state index in [-0.39, 0.29) is 22.6 Å². The van der Waals surface area contributed by atoms with Crippen LogP contribution in [0.1, 0.15) is 21.9 Å². The highest BCUT2D eigenvalue weighted by molar-refractivity contribution is 7.99. The van der Waals surface area contributed by atoms with E-state index in [2.05, 4.69) is 5.32 Å². The van der Waals surface area contributed by atoms with E-state index in [1.807, 2.05) is 89.5 Å². The molecule has 0 radical (unpaired) electrons. The van der Waals surface area contributed by atoms with Gasteiger partial charge in [0.25, 0.3) is 0 Å². The van der Waals surface area contributed by atoms with E-state index in [9.17, 15) is 9.59 Å². The zero-order valence-corrected chi connectivity index (χ0v) is 20.3. The van der Waals surface area contributed by atoms with E-state index in [1.54, 1.807) is 18.9 Å². The summed E-state index contributed by atoms with van der Waals surface area (Å²) in [7, 11) is 1.62. The molecule has 2 heterocycles. The smallest absolute Gasteiger partial charge is 0.308 e. The molecule has 5 nitrogen and oxygen atoms in total. The van der Waals surface area contributed by atoms with Gasteiger partial charge in [0.2, 0.25) is 5.91 Å². The average Bonchev–Trinajstić information content (AvgIpc) is 3.19. The van der Waals surface area contributed by atoms with E-state index in [4.69, 9.17) is 4.74 Å². The van der Waals surface area contributed by atoms with Gasteiger partial charge >= 0.3 is 4.87 Å². The van der Waals surface area contributed by atoms with Crippen molar-refractivity contribution in [2.24, 2.45) is 5.92 Å². The first-order chi connectivity index (χ1) is 16.6. The standard InChI is InChI=1S/C27H24N2O3S2/c1-32-21-14-12-20(13-15-21)28-25(30)22-17-33-26-24(23(22)19-10-6-3-7-11-19)34-27(31)29(26)16-18-8-4-2-5-9-18/h2-15,22-23H,16-17H2,1H3,(H,28,30)/t22-,23+/m0/s1. The van der Waals surface area contributed by atoms with Gasteiger partial charge in [-0.25, -0.2) is 0 Å². The number of thiazole rings is 1. The molecule has 1 aromatic heterocycles. The number of methoxy groups -OCH3 is 1. The van der Waals surface area contributed by atoms with Gasteiger partial charge in [-0.05, 0) is 35.4 Å². The molecule has 0 saturated carbocycles. The van der Waals surface area contributed by atoms with Crippen molar-refractivity contribution < 1.29 is 9.53 Å². The second-order valence-electron chi connectivity index (χ2n) is 8.13. The van der Waals surface area contributed by atoms with E-state index in [0.717, 1.165) is 32.5 Å². The highest BCUT2D eigenvalue weighted by atomic mass is 32.2. The monoisotopic (exact) mass is 488 g/mol. The number of hydrogen-bond acceptors (Lipinski definition) is 5. The Kier molecular flexibility index (Phi) is 6.56. The Morgan fingerprint density at radius 1 is 1.00 bits per heavy atom. The topological polar surface area (TPSA) is 60.3 Å². The first kappa shape index (κ1) is 22.5. The summed E-state index contributed by atoms with van der Waals surface area (Å²) in [6, 6.07) is 27.4. The second-order valence-corrected chi connectivity index (χ2v) is 10.1. The third kappa shape index (κ3) is 4.54. The van der Waals surface area contributed by atoms with Gasteiger partial charge in [0.15, 0.2) is 0 Å². The van der Waals surface area contributed by atoms with Crippen LogP contribution in [-0.4, -0.2) is 23.3 Å². The van der Waals surface area contributed by atoms with E-state index >= 15 is 0 Å². The minimum absolute atomic E-state index is 0.0125. The predicted molar refractivity (Wildman–Crippen MR) is 138 cm³/mol. The van der Waals surface area contributed by atoms with Gasteiger partial charge in [-0.2, -0.15) is 0 Å². The lowest BCUT2D eigenvalue weighted by molar-refractivity contribution is -0.119. The fourth-order valence-corrected chi connectivity index (χ4v) is 6.98. The number of carbonyl (C=O) groups excluding carboxylic acids is 1. The number of amides is 1. The van der Waals surface area contributed by atoms with Crippen LogP contribution in [0.3, 0.4) is 0 Å². The zero-order chi connectivity index (χ0) is 23.5. The molecule has 0 fully saturated rings. The number of fused-ring (bicyclic) bond motifs is 1. The summed E-state index contributed by atoms with van der Waals surface area (Å²) in [5.41, 5.74) is 2.86. The normalized spacial score (nSPS) is 17.1. The van der Waals surface area contributed by atoms with E-state index in [0.29, 0.717) is 12.3 Å². The van der Waals surface area contributed by atoms with Crippen LogP contribution in [0, 0.1) is 5.92 Å². The molecule has 1 aliphatic rings. The largest absolute Gasteiger partial charge is 0.497 e. The average molecular weight is 489 g/mol. The van der Waals surface area contributed by atoms with Gasteiger partial charge in [0.05, 0.1) is 24.6 Å². The number of thioether (sulfide) groups is 1. The van der Waals surface area contributed by atoms with Crippen LogP contribution < -0.4 is 14.9 Å². The van der Waals surface area contributed by atoms with Crippen molar-refractivity contribution in [3.63, 3.8) is 0 Å². The lowest BCUT2D eigenvalue weighted by atomic mass is 9.85. The van der Waals surface area contributed by atoms with Gasteiger partial charge < -0.3 is 10.1 Å². The summed E-state index contributed by atoms with van der Waals surface area (Å²) in [6.07, 6.45) is 0. The van der Waals surface area contributed by atoms with Crippen LogP contribution >= 0.6 is 23.1 Å². The summed E-state index contributed by atoms with van der Waals surface area (Å²) in [6.45, 7) is 0.530. The summed E-state index contributed by atoms with van der Waals surface area (Å²) < 4.78 is 7.07. The van der Waals surface area contributed by atoms with Gasteiger partial charge in [0.1, 0.15) is 5.75 Å². The van der Waals surface area contributed by atoms with Crippen LogP contribution in [0.5, 0.6) is 5.75 Å². The third-order valence-corrected chi connectivity index (χ3v) is 8.43. The first-order valence-corrected chi connectivity index (χ1v) is 12.8. The summed E-state index contributed by atoms with van der Waals surface area (Å²) in [5, 5.41) is 4.04. The minimum atomic E-state index is -0.301. The molecular weight excluding hydrogens is 464 g/mol. The number of nitrogens with zero attached hydrogens (tertiary/aromatic N) is 1. The Bertz CT molecular complexity index is 1330. The molecular formula is C27H24N2O3S2.